The molecule has 0 saturated carbocycles. The molecule has 1 fully saturated rings. The number of amides is 1. The van der Waals surface area contributed by atoms with Crippen molar-refractivity contribution < 1.29 is 19.0 Å². The summed E-state index contributed by atoms with van der Waals surface area (Å²) < 4.78 is 15.6. The van der Waals surface area contributed by atoms with Crippen molar-refractivity contribution in [2.24, 2.45) is 5.92 Å². The number of hydrogen-bond acceptors (Lipinski definition) is 5. The van der Waals surface area contributed by atoms with Crippen LogP contribution in [0.4, 0.5) is 0 Å². The highest BCUT2D eigenvalue weighted by molar-refractivity contribution is 5.78. The molecule has 1 N–H and O–H groups in total. The molecule has 0 bridgehead atoms. The van der Waals surface area contributed by atoms with Crippen LogP contribution < -0.4 is 14.8 Å². The molecule has 1 aliphatic heterocycles. The van der Waals surface area contributed by atoms with Gasteiger partial charge in [-0.3, -0.25) is 4.79 Å². The highest BCUT2D eigenvalue weighted by atomic mass is 16.5. The van der Waals surface area contributed by atoms with E-state index in [0.717, 1.165) is 44.8 Å². The van der Waals surface area contributed by atoms with Crippen LogP contribution in [0.15, 0.2) is 18.2 Å². The van der Waals surface area contributed by atoms with E-state index in [4.69, 9.17) is 14.2 Å². The molecule has 1 saturated heterocycles. The van der Waals surface area contributed by atoms with Crippen LogP contribution in [0, 0.1) is 5.92 Å². The zero-order chi connectivity index (χ0) is 17.4. The van der Waals surface area contributed by atoms with Crippen molar-refractivity contribution in [1.82, 2.24) is 10.2 Å². The molecule has 1 amide bonds. The lowest BCUT2D eigenvalue weighted by Crippen LogP contribution is -2.32. The van der Waals surface area contributed by atoms with E-state index >= 15 is 0 Å². The number of likely N-dealkylation sites (tertiary alicyclic amines) is 1. The fraction of sp³-hybridized carbons (Fsp3) is 0.611. The first-order valence-electron chi connectivity index (χ1n) is 8.35. The van der Waals surface area contributed by atoms with E-state index in [9.17, 15) is 4.79 Å². The number of benzene rings is 1. The van der Waals surface area contributed by atoms with E-state index in [0.29, 0.717) is 23.8 Å². The molecule has 0 radical (unpaired) electrons. The lowest BCUT2D eigenvalue weighted by Gasteiger charge is -2.15. The first-order valence-corrected chi connectivity index (χ1v) is 8.35. The number of nitrogens with zero attached hydrogens (tertiary/aromatic N) is 1. The zero-order valence-corrected chi connectivity index (χ0v) is 14.8. The highest BCUT2D eigenvalue weighted by Crippen LogP contribution is 2.27. The summed E-state index contributed by atoms with van der Waals surface area (Å²) in [7, 11) is 4.92. The van der Waals surface area contributed by atoms with Gasteiger partial charge in [-0.25, -0.2) is 0 Å². The van der Waals surface area contributed by atoms with Crippen LogP contribution in [0.1, 0.15) is 12.0 Å². The fourth-order valence-electron chi connectivity index (χ4n) is 3.00. The maximum absolute atomic E-state index is 12.2. The number of hydrogen-bond donors (Lipinski definition) is 1. The van der Waals surface area contributed by atoms with Crippen LogP contribution in [-0.2, 0) is 16.0 Å². The van der Waals surface area contributed by atoms with Gasteiger partial charge in [-0.1, -0.05) is 6.07 Å². The largest absolute Gasteiger partial charge is 0.493 e. The van der Waals surface area contributed by atoms with Crippen molar-refractivity contribution in [3.8, 4) is 11.5 Å². The molecule has 1 aromatic rings. The maximum atomic E-state index is 12.2. The van der Waals surface area contributed by atoms with Crippen LogP contribution in [0.25, 0.3) is 0 Å². The average molecular weight is 336 g/mol. The maximum Gasteiger partial charge on any atom is 0.224 e. The quantitative estimate of drug-likeness (QED) is 0.737. The molecule has 2 rings (SSSR count). The molecule has 6 nitrogen and oxygen atoms in total. The van der Waals surface area contributed by atoms with Crippen LogP contribution in [-0.4, -0.2) is 64.9 Å². The number of methoxy groups -OCH3 is 3. The van der Waals surface area contributed by atoms with Crippen molar-refractivity contribution in [1.29, 1.82) is 0 Å². The molecule has 1 heterocycles. The van der Waals surface area contributed by atoms with Gasteiger partial charge in [0.05, 0.1) is 27.2 Å². The van der Waals surface area contributed by atoms with Crippen molar-refractivity contribution >= 4 is 5.91 Å². The minimum atomic E-state index is 0.0394. The molecule has 0 aromatic heterocycles. The summed E-state index contributed by atoms with van der Waals surface area (Å²) in [6.07, 6.45) is 1.47. The Balaban J connectivity index is 1.76. The second-order valence-electron chi connectivity index (χ2n) is 6.12. The van der Waals surface area contributed by atoms with E-state index in [1.807, 2.05) is 18.2 Å². The van der Waals surface area contributed by atoms with Crippen LogP contribution in [0.2, 0.25) is 0 Å². The Morgan fingerprint density at radius 1 is 1.25 bits per heavy atom. The minimum Gasteiger partial charge on any atom is -0.493 e. The summed E-state index contributed by atoms with van der Waals surface area (Å²) in [4.78, 5) is 14.5. The minimum absolute atomic E-state index is 0.0394. The smallest absolute Gasteiger partial charge is 0.224 e. The molecule has 134 valence electrons. The molecule has 6 heteroatoms. The Kier molecular flexibility index (Phi) is 7.34. The molecular weight excluding hydrogens is 308 g/mol. The van der Waals surface area contributed by atoms with E-state index in [2.05, 4.69) is 10.2 Å². The summed E-state index contributed by atoms with van der Waals surface area (Å²) in [5.41, 5.74) is 0.915. The van der Waals surface area contributed by atoms with Gasteiger partial charge >= 0.3 is 0 Å². The SMILES string of the molecule is COCCN1CCC(CNC(=O)Cc2ccc(OC)c(OC)c2)C1. The fourth-order valence-corrected chi connectivity index (χ4v) is 3.00. The van der Waals surface area contributed by atoms with Crippen LogP contribution >= 0.6 is 0 Å². The van der Waals surface area contributed by atoms with Gasteiger partial charge < -0.3 is 24.4 Å². The Morgan fingerprint density at radius 3 is 2.75 bits per heavy atom. The number of carbonyl (C=O) groups excluding carboxylic acids is 1. The predicted octanol–water partition coefficient (Wildman–Crippen LogP) is 1.33. The summed E-state index contributed by atoms with van der Waals surface area (Å²) >= 11 is 0. The molecule has 24 heavy (non-hydrogen) atoms. The van der Waals surface area contributed by atoms with Crippen molar-refractivity contribution in [2.75, 3.05) is 54.1 Å². The van der Waals surface area contributed by atoms with E-state index in [1.54, 1.807) is 21.3 Å². The second-order valence-corrected chi connectivity index (χ2v) is 6.12. The van der Waals surface area contributed by atoms with Crippen molar-refractivity contribution in [3.05, 3.63) is 23.8 Å². The molecule has 0 spiro atoms. The summed E-state index contributed by atoms with van der Waals surface area (Å²) in [6.45, 7) is 4.57. The molecule has 1 unspecified atom stereocenters. The first kappa shape index (κ1) is 18.5. The topological polar surface area (TPSA) is 60.0 Å². The number of rotatable bonds is 9. The lowest BCUT2D eigenvalue weighted by atomic mass is 10.1. The highest BCUT2D eigenvalue weighted by Gasteiger charge is 2.22. The van der Waals surface area contributed by atoms with Gasteiger partial charge in [0.15, 0.2) is 11.5 Å². The standard InChI is InChI=1S/C18H28N2O4/c1-22-9-8-20-7-6-15(13-20)12-19-18(21)11-14-4-5-16(23-2)17(10-14)24-3/h4-5,10,15H,6-9,11-13H2,1-3H3,(H,19,21). The summed E-state index contributed by atoms with van der Waals surface area (Å²) in [5, 5.41) is 3.05. The number of ether oxygens (including phenoxy) is 3. The van der Waals surface area contributed by atoms with Gasteiger partial charge in [0, 0.05) is 26.7 Å². The van der Waals surface area contributed by atoms with Crippen LogP contribution in [0.5, 0.6) is 11.5 Å². The summed E-state index contributed by atoms with van der Waals surface area (Å²) in [6, 6.07) is 5.57. The van der Waals surface area contributed by atoms with Crippen LogP contribution in [0.3, 0.4) is 0 Å². The van der Waals surface area contributed by atoms with Gasteiger partial charge in [0.1, 0.15) is 0 Å². The average Bonchev–Trinajstić information content (AvgIpc) is 3.06. The predicted molar refractivity (Wildman–Crippen MR) is 92.7 cm³/mol. The van der Waals surface area contributed by atoms with E-state index < -0.39 is 0 Å². The zero-order valence-electron chi connectivity index (χ0n) is 14.8. The van der Waals surface area contributed by atoms with Gasteiger partial charge in [-0.05, 0) is 36.6 Å². The molecule has 1 aliphatic rings. The Labute approximate surface area is 144 Å². The normalized spacial score (nSPS) is 17.7. The third-order valence-electron chi connectivity index (χ3n) is 4.38. The van der Waals surface area contributed by atoms with Crippen molar-refractivity contribution in [2.45, 2.75) is 12.8 Å². The molecule has 0 aliphatic carbocycles. The molecule has 1 aromatic carbocycles. The Bertz CT molecular complexity index is 536. The Hall–Kier alpha value is -1.79. The van der Waals surface area contributed by atoms with Gasteiger partial charge in [0.2, 0.25) is 5.91 Å². The second kappa shape index (κ2) is 9.49. The summed E-state index contributed by atoms with van der Waals surface area (Å²) in [5.74, 6) is 1.88. The first-order chi connectivity index (χ1) is 11.7. The van der Waals surface area contributed by atoms with Gasteiger partial charge in [0.25, 0.3) is 0 Å². The van der Waals surface area contributed by atoms with Gasteiger partial charge in [-0.2, -0.15) is 0 Å². The Morgan fingerprint density at radius 2 is 2.04 bits per heavy atom. The van der Waals surface area contributed by atoms with E-state index in [-0.39, 0.29) is 5.91 Å². The third-order valence-corrected chi connectivity index (χ3v) is 4.38. The monoisotopic (exact) mass is 336 g/mol. The number of carbonyl (C=O) groups is 1. The van der Waals surface area contributed by atoms with Crippen molar-refractivity contribution in [3.63, 3.8) is 0 Å². The van der Waals surface area contributed by atoms with E-state index in [1.165, 1.54) is 0 Å². The van der Waals surface area contributed by atoms with Gasteiger partial charge in [-0.15, -0.1) is 0 Å². The number of nitrogens with one attached hydrogen (secondary N) is 1. The lowest BCUT2D eigenvalue weighted by molar-refractivity contribution is -0.120. The molecular formula is C18H28N2O4. The third kappa shape index (κ3) is 5.39. The molecule has 1 atom stereocenters.